The number of fused-ring (bicyclic) bond motifs is 2. The second-order valence-electron chi connectivity index (χ2n) is 9.69. The molecule has 0 saturated carbocycles. The summed E-state index contributed by atoms with van der Waals surface area (Å²) in [4.78, 5) is 22.4. The van der Waals surface area contributed by atoms with Crippen molar-refractivity contribution in [1.82, 2.24) is 19.9 Å². The molecule has 1 fully saturated rings. The molecule has 40 heavy (non-hydrogen) atoms. The lowest BCUT2D eigenvalue weighted by molar-refractivity contribution is -0.129. The molecule has 14 heteroatoms. The van der Waals surface area contributed by atoms with Gasteiger partial charge in [0.2, 0.25) is 16.0 Å². The summed E-state index contributed by atoms with van der Waals surface area (Å²) < 4.78 is 80.6. The first kappa shape index (κ1) is 27.8. The number of pyridine rings is 1. The second-order valence-corrected chi connectivity index (χ2v) is 11.5. The number of sulfonamides is 1. The van der Waals surface area contributed by atoms with E-state index in [0.29, 0.717) is 27.9 Å². The number of piperidine rings is 1. The smallest absolute Gasteiger partial charge is 0.350 e. The van der Waals surface area contributed by atoms with Crippen LogP contribution in [0.2, 0.25) is 0 Å². The summed E-state index contributed by atoms with van der Waals surface area (Å²) in [6.07, 6.45) is -2.69. The van der Waals surface area contributed by atoms with Gasteiger partial charge in [-0.2, -0.15) is 18.2 Å². The molecule has 0 unspecified atom stereocenters. The number of halogens is 4. The van der Waals surface area contributed by atoms with Crippen LogP contribution in [-0.2, 0) is 17.1 Å². The van der Waals surface area contributed by atoms with Gasteiger partial charge in [-0.1, -0.05) is 24.3 Å². The highest BCUT2D eigenvalue weighted by Crippen LogP contribution is 2.34. The molecule has 0 amide bonds. The third-order valence-corrected chi connectivity index (χ3v) is 8.05. The van der Waals surface area contributed by atoms with Crippen molar-refractivity contribution < 1.29 is 26.0 Å². The Morgan fingerprint density at radius 1 is 1.15 bits per heavy atom. The Bertz CT molecular complexity index is 1750. The monoisotopic (exact) mass is 578 g/mol. The normalized spacial score (nSPS) is 16.4. The molecule has 1 saturated heterocycles. The molecule has 0 bridgehead atoms. The van der Waals surface area contributed by atoms with Gasteiger partial charge in [-0.05, 0) is 42.5 Å². The summed E-state index contributed by atoms with van der Waals surface area (Å²) in [6, 6.07) is 8.72. The number of hydrogen-bond donors (Lipinski definition) is 3. The van der Waals surface area contributed by atoms with Crippen molar-refractivity contribution in [2.24, 2.45) is 7.05 Å². The Hall–Kier alpha value is -3.78. The van der Waals surface area contributed by atoms with Gasteiger partial charge in [0.25, 0.3) is 5.56 Å². The van der Waals surface area contributed by atoms with Gasteiger partial charge in [0.1, 0.15) is 11.5 Å². The zero-order chi connectivity index (χ0) is 28.7. The van der Waals surface area contributed by atoms with Crippen molar-refractivity contribution in [1.29, 1.82) is 0 Å². The maximum absolute atomic E-state index is 14.8. The SMILES string of the molecule is Cn1c(=O)c(-c2cccc3c(NS(=O)(=O)CCC(F)(F)F)c(F)ccc23)cc2cnc(N[C@H]3CCCNC3)nc21. The van der Waals surface area contributed by atoms with Gasteiger partial charge < -0.3 is 10.6 Å². The fourth-order valence-corrected chi connectivity index (χ4v) is 5.91. The van der Waals surface area contributed by atoms with Gasteiger partial charge in [0, 0.05) is 42.2 Å². The van der Waals surface area contributed by atoms with Crippen LogP contribution in [0.3, 0.4) is 0 Å². The Morgan fingerprint density at radius 3 is 2.67 bits per heavy atom. The van der Waals surface area contributed by atoms with Crippen molar-refractivity contribution in [3.8, 4) is 11.1 Å². The van der Waals surface area contributed by atoms with Crippen LogP contribution in [0.15, 0.2) is 47.4 Å². The lowest BCUT2D eigenvalue weighted by atomic mass is 9.97. The summed E-state index contributed by atoms with van der Waals surface area (Å²) in [5.74, 6) is -1.83. The quantitative estimate of drug-likeness (QED) is 0.282. The van der Waals surface area contributed by atoms with E-state index in [1.54, 1.807) is 25.4 Å². The first-order chi connectivity index (χ1) is 18.9. The number of hydrogen-bond acceptors (Lipinski definition) is 7. The largest absolute Gasteiger partial charge is 0.390 e. The Morgan fingerprint density at radius 2 is 1.95 bits per heavy atom. The Balaban J connectivity index is 1.55. The van der Waals surface area contributed by atoms with Crippen LogP contribution in [0.25, 0.3) is 32.9 Å². The highest BCUT2D eigenvalue weighted by Gasteiger charge is 2.30. The van der Waals surface area contributed by atoms with Gasteiger partial charge in [0.05, 0.1) is 17.9 Å². The number of aryl methyl sites for hydroxylation is 1. The fraction of sp³-hybridized carbons (Fsp3) is 0.346. The van der Waals surface area contributed by atoms with Crippen LogP contribution in [0, 0.1) is 5.82 Å². The summed E-state index contributed by atoms with van der Waals surface area (Å²) in [6.45, 7) is 1.74. The molecule has 4 aromatic rings. The molecule has 1 atom stereocenters. The number of alkyl halides is 3. The molecule has 2 aromatic carbocycles. The van der Waals surface area contributed by atoms with Crippen LogP contribution < -0.4 is 20.9 Å². The molecule has 0 spiro atoms. The molecule has 3 N–H and O–H groups in total. The summed E-state index contributed by atoms with van der Waals surface area (Å²) in [5, 5.41) is 7.58. The van der Waals surface area contributed by atoms with Crippen LogP contribution in [-0.4, -0.2) is 54.0 Å². The Kier molecular flexibility index (Phi) is 7.40. The van der Waals surface area contributed by atoms with Crippen molar-refractivity contribution in [2.45, 2.75) is 31.5 Å². The van der Waals surface area contributed by atoms with Gasteiger partial charge in [0.15, 0.2) is 0 Å². The Labute approximate surface area is 226 Å². The molecule has 1 aliphatic heterocycles. The maximum atomic E-state index is 14.8. The highest BCUT2D eigenvalue weighted by atomic mass is 32.2. The lowest BCUT2D eigenvalue weighted by Crippen LogP contribution is -2.38. The minimum absolute atomic E-state index is 0.0899. The minimum Gasteiger partial charge on any atom is -0.350 e. The van der Waals surface area contributed by atoms with Gasteiger partial charge in [-0.15, -0.1) is 0 Å². The molecule has 212 valence electrons. The third kappa shape index (κ3) is 5.87. The fourth-order valence-electron chi connectivity index (χ4n) is 4.79. The predicted molar refractivity (Wildman–Crippen MR) is 145 cm³/mol. The first-order valence-corrected chi connectivity index (χ1v) is 14.2. The van der Waals surface area contributed by atoms with Crippen LogP contribution in [0.5, 0.6) is 0 Å². The van der Waals surface area contributed by atoms with E-state index in [2.05, 4.69) is 20.6 Å². The molecular weight excluding hydrogens is 552 g/mol. The summed E-state index contributed by atoms with van der Waals surface area (Å²) in [5.41, 5.74) is 0.125. The summed E-state index contributed by atoms with van der Waals surface area (Å²) in [7, 11) is -2.95. The van der Waals surface area contributed by atoms with E-state index >= 15 is 0 Å². The van der Waals surface area contributed by atoms with E-state index in [1.807, 2.05) is 4.72 Å². The molecule has 9 nitrogen and oxygen atoms in total. The standard InChI is InChI=1S/C26H26F4N6O3S/c1-36-23-15(13-32-25(34-23)33-16-4-3-10-31-14-16)12-20(24(36)37)17-5-2-6-19-18(17)7-8-21(27)22(19)35-40(38,39)11-9-26(28,29)30/h2,5-8,12-13,16,31,35H,3-4,9-11,14H2,1H3,(H,32,33,34)/t16-/m0/s1. The molecular formula is C26H26F4N6O3S. The van der Waals surface area contributed by atoms with E-state index in [9.17, 15) is 30.8 Å². The van der Waals surface area contributed by atoms with E-state index in [0.717, 1.165) is 32.0 Å². The molecule has 3 heterocycles. The third-order valence-electron chi connectivity index (χ3n) is 6.79. The topological polar surface area (TPSA) is 118 Å². The second kappa shape index (κ2) is 10.7. The van der Waals surface area contributed by atoms with E-state index < -0.39 is 45.4 Å². The van der Waals surface area contributed by atoms with E-state index in [-0.39, 0.29) is 17.0 Å². The summed E-state index contributed by atoms with van der Waals surface area (Å²) >= 11 is 0. The number of anilines is 2. The van der Waals surface area contributed by atoms with Gasteiger partial charge >= 0.3 is 6.18 Å². The van der Waals surface area contributed by atoms with Crippen LogP contribution in [0.4, 0.5) is 29.2 Å². The highest BCUT2D eigenvalue weighted by molar-refractivity contribution is 7.92. The zero-order valence-corrected chi connectivity index (χ0v) is 22.2. The predicted octanol–water partition coefficient (Wildman–Crippen LogP) is 4.15. The van der Waals surface area contributed by atoms with Crippen LogP contribution in [0.1, 0.15) is 19.3 Å². The lowest BCUT2D eigenvalue weighted by Gasteiger charge is -2.23. The molecule has 1 aliphatic rings. The molecule has 0 aliphatic carbocycles. The van der Waals surface area contributed by atoms with E-state index in [4.69, 9.17) is 0 Å². The van der Waals surface area contributed by atoms with Crippen molar-refractivity contribution in [3.63, 3.8) is 0 Å². The van der Waals surface area contributed by atoms with Crippen molar-refractivity contribution in [3.05, 3.63) is 58.8 Å². The first-order valence-electron chi connectivity index (χ1n) is 12.5. The maximum Gasteiger partial charge on any atom is 0.390 e. The number of rotatable bonds is 7. The number of aromatic nitrogens is 3. The number of nitrogens with zero attached hydrogens (tertiary/aromatic N) is 3. The van der Waals surface area contributed by atoms with Crippen molar-refractivity contribution in [2.75, 3.05) is 28.9 Å². The van der Waals surface area contributed by atoms with E-state index in [1.165, 1.54) is 22.8 Å². The van der Waals surface area contributed by atoms with Gasteiger partial charge in [-0.3, -0.25) is 14.1 Å². The molecule has 0 radical (unpaired) electrons. The van der Waals surface area contributed by atoms with Crippen LogP contribution >= 0.6 is 0 Å². The minimum atomic E-state index is -4.69. The molecule has 5 rings (SSSR count). The average Bonchev–Trinajstić information content (AvgIpc) is 2.91. The average molecular weight is 579 g/mol. The van der Waals surface area contributed by atoms with Crippen molar-refractivity contribution >= 4 is 43.5 Å². The number of benzene rings is 2. The zero-order valence-electron chi connectivity index (χ0n) is 21.3. The molecule has 2 aromatic heterocycles. The van der Waals surface area contributed by atoms with Gasteiger partial charge in [-0.25, -0.2) is 17.8 Å². The number of nitrogens with one attached hydrogen (secondary N) is 3.